The van der Waals surface area contributed by atoms with Crippen molar-refractivity contribution in [2.75, 3.05) is 18.4 Å². The van der Waals surface area contributed by atoms with Gasteiger partial charge in [0.2, 0.25) is 0 Å². The predicted octanol–water partition coefficient (Wildman–Crippen LogP) is 5.36. The summed E-state index contributed by atoms with van der Waals surface area (Å²) in [5.74, 6) is 0.924. The lowest BCUT2D eigenvalue weighted by molar-refractivity contribution is 0.0955. The van der Waals surface area contributed by atoms with Crippen LogP contribution in [-0.4, -0.2) is 24.0 Å². The number of halogens is 2. The van der Waals surface area contributed by atoms with Crippen molar-refractivity contribution in [1.29, 1.82) is 0 Å². The maximum absolute atomic E-state index is 12.2. The molecule has 28 heavy (non-hydrogen) atoms. The minimum absolute atomic E-state index is 0.0593. The average Bonchev–Trinajstić information content (AvgIpc) is 3.11. The van der Waals surface area contributed by atoms with E-state index < -0.39 is 0 Å². The van der Waals surface area contributed by atoms with E-state index in [4.69, 9.17) is 23.2 Å². The molecule has 1 atom stereocenters. The second kappa shape index (κ2) is 7.82. The minimum Gasteiger partial charge on any atom is -0.369 e. The standard InChI is InChI=1S/C22H19Cl2N3O/c1-2-25-22(28)14-5-3-4-13(6-14)20-12-27-21-19(20)9-16(11-26-21)15-7-17(23)10-18(24)8-15/h3-11,20H,2,12H2,1H3,(H,25,28)(H,26,27). The molecule has 0 saturated heterocycles. The van der Waals surface area contributed by atoms with Crippen LogP contribution in [0.5, 0.6) is 0 Å². The first-order chi connectivity index (χ1) is 13.5. The average molecular weight is 412 g/mol. The Balaban J connectivity index is 1.71. The van der Waals surface area contributed by atoms with Gasteiger partial charge >= 0.3 is 0 Å². The number of hydrogen-bond acceptors (Lipinski definition) is 3. The molecular formula is C22H19Cl2N3O. The Kier molecular flexibility index (Phi) is 5.25. The third-order valence-electron chi connectivity index (χ3n) is 4.85. The molecule has 3 aromatic rings. The van der Waals surface area contributed by atoms with Crippen LogP contribution in [0.1, 0.15) is 34.3 Å². The molecule has 2 aromatic carbocycles. The van der Waals surface area contributed by atoms with Gasteiger partial charge in [-0.25, -0.2) is 4.98 Å². The van der Waals surface area contributed by atoms with E-state index in [2.05, 4.69) is 21.7 Å². The first-order valence-electron chi connectivity index (χ1n) is 9.13. The number of pyridine rings is 1. The van der Waals surface area contributed by atoms with Crippen LogP contribution in [0.3, 0.4) is 0 Å². The summed E-state index contributed by atoms with van der Waals surface area (Å²) in [4.78, 5) is 16.8. The fourth-order valence-electron chi connectivity index (χ4n) is 3.54. The molecule has 2 N–H and O–H groups in total. The van der Waals surface area contributed by atoms with E-state index >= 15 is 0 Å². The topological polar surface area (TPSA) is 54.0 Å². The molecule has 1 unspecified atom stereocenters. The van der Waals surface area contributed by atoms with E-state index in [1.54, 1.807) is 6.07 Å². The van der Waals surface area contributed by atoms with Gasteiger partial charge in [-0.15, -0.1) is 0 Å². The fraction of sp³-hybridized carbons (Fsp3) is 0.182. The Bertz CT molecular complexity index is 1030. The maximum Gasteiger partial charge on any atom is 0.251 e. The molecule has 0 fully saturated rings. The normalized spacial score (nSPS) is 15.0. The number of aromatic nitrogens is 1. The van der Waals surface area contributed by atoms with E-state index in [1.807, 2.05) is 49.5 Å². The number of carbonyl (C=O) groups is 1. The summed E-state index contributed by atoms with van der Waals surface area (Å²) >= 11 is 12.3. The zero-order chi connectivity index (χ0) is 19.7. The van der Waals surface area contributed by atoms with E-state index in [9.17, 15) is 4.79 Å². The van der Waals surface area contributed by atoms with Gasteiger partial charge in [-0.1, -0.05) is 35.3 Å². The van der Waals surface area contributed by atoms with Crippen molar-refractivity contribution in [2.24, 2.45) is 0 Å². The smallest absolute Gasteiger partial charge is 0.251 e. The van der Waals surface area contributed by atoms with Crippen molar-refractivity contribution >= 4 is 34.9 Å². The summed E-state index contributed by atoms with van der Waals surface area (Å²) in [6.07, 6.45) is 1.82. The summed E-state index contributed by atoms with van der Waals surface area (Å²) in [5.41, 5.74) is 4.73. The van der Waals surface area contributed by atoms with Gasteiger partial charge in [0, 0.05) is 51.9 Å². The molecule has 2 heterocycles. The molecule has 1 amide bonds. The van der Waals surface area contributed by atoms with Gasteiger partial charge in [0.05, 0.1) is 0 Å². The van der Waals surface area contributed by atoms with Gasteiger partial charge in [0.25, 0.3) is 5.91 Å². The van der Waals surface area contributed by atoms with Gasteiger partial charge in [-0.2, -0.15) is 0 Å². The summed E-state index contributed by atoms with van der Waals surface area (Å²) < 4.78 is 0. The second-order valence-corrected chi connectivity index (χ2v) is 7.61. The maximum atomic E-state index is 12.2. The zero-order valence-corrected chi connectivity index (χ0v) is 16.8. The number of hydrogen-bond donors (Lipinski definition) is 2. The number of carbonyl (C=O) groups excluding carboxylic acids is 1. The Morgan fingerprint density at radius 3 is 2.68 bits per heavy atom. The summed E-state index contributed by atoms with van der Waals surface area (Å²) in [5, 5.41) is 7.39. The van der Waals surface area contributed by atoms with Gasteiger partial charge in [0.1, 0.15) is 5.82 Å². The van der Waals surface area contributed by atoms with E-state index in [-0.39, 0.29) is 11.8 Å². The van der Waals surface area contributed by atoms with Gasteiger partial charge in [0.15, 0.2) is 0 Å². The number of anilines is 1. The Hall–Kier alpha value is -2.56. The highest BCUT2D eigenvalue weighted by molar-refractivity contribution is 6.35. The molecule has 6 heteroatoms. The first-order valence-corrected chi connectivity index (χ1v) is 9.89. The molecule has 1 aliphatic heterocycles. The molecule has 0 saturated carbocycles. The van der Waals surface area contributed by atoms with E-state index in [0.717, 1.165) is 34.6 Å². The second-order valence-electron chi connectivity index (χ2n) is 6.74. The van der Waals surface area contributed by atoms with Crippen LogP contribution < -0.4 is 10.6 Å². The van der Waals surface area contributed by atoms with Crippen molar-refractivity contribution in [3.63, 3.8) is 0 Å². The molecule has 0 radical (unpaired) electrons. The first kappa shape index (κ1) is 18.8. The Labute approximate surface area is 173 Å². The third-order valence-corrected chi connectivity index (χ3v) is 5.29. The van der Waals surface area contributed by atoms with Crippen molar-refractivity contribution < 1.29 is 4.79 Å². The minimum atomic E-state index is -0.0593. The van der Waals surface area contributed by atoms with Crippen molar-refractivity contribution in [3.8, 4) is 11.1 Å². The number of benzene rings is 2. The largest absolute Gasteiger partial charge is 0.369 e. The molecule has 4 rings (SSSR count). The van der Waals surface area contributed by atoms with Gasteiger partial charge in [-0.3, -0.25) is 4.79 Å². The van der Waals surface area contributed by atoms with Crippen LogP contribution in [0.2, 0.25) is 10.0 Å². The number of rotatable bonds is 4. The number of nitrogens with one attached hydrogen (secondary N) is 2. The SMILES string of the molecule is CCNC(=O)c1cccc(C2CNc3ncc(-c4cc(Cl)cc(Cl)c4)cc32)c1. The van der Waals surface area contributed by atoms with Crippen molar-refractivity contribution in [2.45, 2.75) is 12.8 Å². The molecule has 0 bridgehead atoms. The molecule has 142 valence electrons. The highest BCUT2D eigenvalue weighted by Gasteiger charge is 2.26. The third kappa shape index (κ3) is 3.71. The fourth-order valence-corrected chi connectivity index (χ4v) is 4.06. The van der Waals surface area contributed by atoms with Gasteiger partial charge in [-0.05, 0) is 54.4 Å². The lowest BCUT2D eigenvalue weighted by Gasteiger charge is -2.13. The zero-order valence-electron chi connectivity index (χ0n) is 15.3. The quantitative estimate of drug-likeness (QED) is 0.607. The molecule has 0 spiro atoms. The van der Waals surface area contributed by atoms with Crippen LogP contribution in [0.4, 0.5) is 5.82 Å². The van der Waals surface area contributed by atoms with Gasteiger partial charge < -0.3 is 10.6 Å². The molecule has 1 aromatic heterocycles. The molecule has 1 aliphatic rings. The van der Waals surface area contributed by atoms with Crippen molar-refractivity contribution in [3.05, 3.63) is 81.5 Å². The summed E-state index contributed by atoms with van der Waals surface area (Å²) in [6, 6.07) is 15.3. The summed E-state index contributed by atoms with van der Waals surface area (Å²) in [7, 11) is 0. The predicted molar refractivity (Wildman–Crippen MR) is 114 cm³/mol. The van der Waals surface area contributed by atoms with E-state index in [0.29, 0.717) is 22.2 Å². The van der Waals surface area contributed by atoms with Crippen LogP contribution in [0.15, 0.2) is 54.7 Å². The van der Waals surface area contributed by atoms with Crippen LogP contribution in [-0.2, 0) is 0 Å². The van der Waals surface area contributed by atoms with Crippen LogP contribution in [0.25, 0.3) is 11.1 Å². The number of amides is 1. The van der Waals surface area contributed by atoms with E-state index in [1.165, 1.54) is 0 Å². The van der Waals surface area contributed by atoms with Crippen molar-refractivity contribution in [1.82, 2.24) is 10.3 Å². The Morgan fingerprint density at radius 1 is 1.14 bits per heavy atom. The molecular weight excluding hydrogens is 393 g/mol. The Morgan fingerprint density at radius 2 is 1.93 bits per heavy atom. The number of nitrogens with zero attached hydrogens (tertiary/aromatic N) is 1. The highest BCUT2D eigenvalue weighted by Crippen LogP contribution is 2.38. The summed E-state index contributed by atoms with van der Waals surface area (Å²) in [6.45, 7) is 3.25. The molecule has 4 nitrogen and oxygen atoms in total. The monoisotopic (exact) mass is 411 g/mol. The highest BCUT2D eigenvalue weighted by atomic mass is 35.5. The number of fused-ring (bicyclic) bond motifs is 1. The lowest BCUT2D eigenvalue weighted by Crippen LogP contribution is -2.22. The molecule has 0 aliphatic carbocycles. The lowest BCUT2D eigenvalue weighted by atomic mass is 9.91. The van der Waals surface area contributed by atoms with Crippen LogP contribution in [0, 0.1) is 0 Å². The van der Waals surface area contributed by atoms with Crippen LogP contribution >= 0.6 is 23.2 Å².